The van der Waals surface area contributed by atoms with E-state index in [9.17, 15) is 12.8 Å². The molecule has 1 rings (SSSR count). The highest BCUT2D eigenvalue weighted by molar-refractivity contribution is 7.89. The van der Waals surface area contributed by atoms with Gasteiger partial charge in [-0.15, -0.1) is 12.4 Å². The first-order chi connectivity index (χ1) is 9.15. The minimum absolute atomic E-state index is 0. The van der Waals surface area contributed by atoms with E-state index in [-0.39, 0.29) is 23.8 Å². The highest BCUT2D eigenvalue weighted by Crippen LogP contribution is 2.22. The third-order valence-electron chi connectivity index (χ3n) is 3.72. The minimum atomic E-state index is -3.69. The highest BCUT2D eigenvalue weighted by atomic mass is 35.5. The first-order valence-corrected chi connectivity index (χ1v) is 8.19. The predicted molar refractivity (Wildman–Crippen MR) is 85.8 cm³/mol. The van der Waals surface area contributed by atoms with Gasteiger partial charge in [-0.25, -0.2) is 17.5 Å². The summed E-state index contributed by atoms with van der Waals surface area (Å²) in [4.78, 5) is 0.133. The third-order valence-corrected chi connectivity index (χ3v) is 5.42. The lowest BCUT2D eigenvalue weighted by Gasteiger charge is -2.27. The molecule has 0 unspecified atom stereocenters. The van der Waals surface area contributed by atoms with Crippen LogP contribution in [0.5, 0.6) is 0 Å². The van der Waals surface area contributed by atoms with Gasteiger partial charge in [-0.05, 0) is 49.9 Å². The number of hydrogen-bond donors (Lipinski definition) is 2. The topological polar surface area (TPSA) is 72.2 Å². The van der Waals surface area contributed by atoms with E-state index < -0.39 is 21.4 Å². The molecule has 0 heterocycles. The molecule has 122 valence electrons. The Labute approximate surface area is 132 Å². The number of nitrogens with two attached hydrogens (primary N) is 1. The maximum absolute atomic E-state index is 13.2. The van der Waals surface area contributed by atoms with Crippen molar-refractivity contribution in [2.24, 2.45) is 5.73 Å². The molecule has 0 saturated heterocycles. The summed E-state index contributed by atoms with van der Waals surface area (Å²) in [5.74, 6) is -0.436. The molecule has 0 aliphatic rings. The smallest absolute Gasteiger partial charge is 0.241 e. The van der Waals surface area contributed by atoms with Gasteiger partial charge < -0.3 is 5.73 Å². The average Bonchev–Trinajstić information content (AvgIpc) is 2.34. The quantitative estimate of drug-likeness (QED) is 0.837. The molecule has 0 atom stereocenters. The molecule has 0 amide bonds. The van der Waals surface area contributed by atoms with Crippen LogP contribution in [0.1, 0.15) is 37.8 Å². The van der Waals surface area contributed by atoms with E-state index >= 15 is 0 Å². The zero-order valence-electron chi connectivity index (χ0n) is 12.9. The fourth-order valence-electron chi connectivity index (χ4n) is 2.13. The Morgan fingerprint density at radius 1 is 1.19 bits per heavy atom. The Morgan fingerprint density at radius 2 is 1.62 bits per heavy atom. The van der Waals surface area contributed by atoms with Crippen LogP contribution in [0.25, 0.3) is 0 Å². The lowest BCUT2D eigenvalue weighted by molar-refractivity contribution is 0.391. The molecular formula is C14H24ClFN2O2S. The molecule has 21 heavy (non-hydrogen) atoms. The number of halogens is 2. The van der Waals surface area contributed by atoms with E-state index in [2.05, 4.69) is 4.72 Å². The monoisotopic (exact) mass is 338 g/mol. The van der Waals surface area contributed by atoms with Crippen molar-refractivity contribution < 1.29 is 12.8 Å². The van der Waals surface area contributed by atoms with Crippen LogP contribution < -0.4 is 10.5 Å². The van der Waals surface area contributed by atoms with Gasteiger partial charge in [0.2, 0.25) is 10.0 Å². The molecule has 0 fully saturated rings. The maximum Gasteiger partial charge on any atom is 0.241 e. The van der Waals surface area contributed by atoms with E-state index in [1.165, 1.54) is 12.1 Å². The van der Waals surface area contributed by atoms with Crippen LogP contribution in [-0.2, 0) is 10.0 Å². The predicted octanol–water partition coefficient (Wildman–Crippen LogP) is 2.66. The van der Waals surface area contributed by atoms with Gasteiger partial charge in [0, 0.05) is 12.1 Å². The molecule has 4 nitrogen and oxygen atoms in total. The Morgan fingerprint density at radius 3 is 2.00 bits per heavy atom. The number of hydrogen-bond acceptors (Lipinski definition) is 3. The van der Waals surface area contributed by atoms with E-state index in [0.717, 1.165) is 0 Å². The first-order valence-electron chi connectivity index (χ1n) is 6.70. The van der Waals surface area contributed by atoms with Crippen molar-refractivity contribution >= 4 is 22.4 Å². The molecule has 0 bridgehead atoms. The van der Waals surface area contributed by atoms with Gasteiger partial charge in [0.1, 0.15) is 5.82 Å². The Hall–Kier alpha value is -0.690. The van der Waals surface area contributed by atoms with Gasteiger partial charge in [-0.1, -0.05) is 13.8 Å². The molecule has 0 spiro atoms. The van der Waals surface area contributed by atoms with Gasteiger partial charge in [-0.3, -0.25) is 0 Å². The summed E-state index contributed by atoms with van der Waals surface area (Å²) in [5, 5.41) is 0. The van der Waals surface area contributed by atoms with Crippen molar-refractivity contribution in [3.05, 3.63) is 29.1 Å². The van der Waals surface area contributed by atoms with Crippen molar-refractivity contribution in [2.45, 2.75) is 51.0 Å². The van der Waals surface area contributed by atoms with Crippen molar-refractivity contribution in [3.8, 4) is 0 Å². The molecule has 3 N–H and O–H groups in total. The van der Waals surface area contributed by atoms with Crippen molar-refractivity contribution in [2.75, 3.05) is 6.54 Å². The average molecular weight is 339 g/mol. The van der Waals surface area contributed by atoms with Crippen LogP contribution in [-0.4, -0.2) is 20.5 Å². The molecule has 1 aromatic rings. The summed E-state index contributed by atoms with van der Waals surface area (Å²) in [6.45, 7) is 7.18. The molecule has 0 saturated carbocycles. The van der Waals surface area contributed by atoms with Crippen LogP contribution in [0.4, 0.5) is 4.39 Å². The van der Waals surface area contributed by atoms with Crippen LogP contribution in [0.2, 0.25) is 0 Å². The zero-order valence-corrected chi connectivity index (χ0v) is 14.5. The lowest BCUT2D eigenvalue weighted by atomic mass is 9.95. The zero-order chi connectivity index (χ0) is 15.6. The fourth-order valence-corrected chi connectivity index (χ4v) is 3.72. The van der Waals surface area contributed by atoms with Crippen LogP contribution >= 0.6 is 12.4 Å². The van der Waals surface area contributed by atoms with Crippen LogP contribution in [0.15, 0.2) is 17.0 Å². The number of rotatable bonds is 6. The molecule has 0 aliphatic heterocycles. The van der Waals surface area contributed by atoms with Crippen molar-refractivity contribution in [1.82, 2.24) is 4.72 Å². The maximum atomic E-state index is 13.2. The van der Waals surface area contributed by atoms with Gasteiger partial charge in [0.05, 0.1) is 4.90 Å². The third kappa shape index (κ3) is 4.92. The Bertz CT molecular complexity index is 564. The Kier molecular flexibility index (Phi) is 7.29. The van der Waals surface area contributed by atoms with E-state index in [1.807, 2.05) is 13.8 Å². The molecule has 7 heteroatoms. The highest BCUT2D eigenvalue weighted by Gasteiger charge is 2.26. The second kappa shape index (κ2) is 7.54. The molecular weight excluding hydrogens is 315 g/mol. The van der Waals surface area contributed by atoms with E-state index in [1.54, 1.807) is 13.8 Å². The Balaban J connectivity index is 0.00000400. The standard InChI is InChI=1S/C14H23FN2O2S.ClH/c1-5-14(16,6-2)9-17-20(18,19)13-10(3)7-12(15)8-11(13)4;/h7-8,17H,5-6,9,16H2,1-4H3;1H. The first kappa shape index (κ1) is 20.3. The summed E-state index contributed by atoms with van der Waals surface area (Å²) >= 11 is 0. The van der Waals surface area contributed by atoms with Gasteiger partial charge in [0.15, 0.2) is 0 Å². The summed E-state index contributed by atoms with van der Waals surface area (Å²) in [5.41, 5.74) is 6.32. The lowest BCUT2D eigenvalue weighted by Crippen LogP contribution is -2.49. The number of benzene rings is 1. The summed E-state index contributed by atoms with van der Waals surface area (Å²) in [6, 6.07) is 2.44. The van der Waals surface area contributed by atoms with Crippen LogP contribution in [0, 0.1) is 19.7 Å². The van der Waals surface area contributed by atoms with E-state index in [4.69, 9.17) is 5.73 Å². The summed E-state index contributed by atoms with van der Waals surface area (Å²) < 4.78 is 40.5. The number of nitrogens with one attached hydrogen (secondary N) is 1. The number of sulfonamides is 1. The SMILES string of the molecule is CCC(N)(CC)CNS(=O)(=O)c1c(C)cc(F)cc1C.Cl. The normalized spacial score (nSPS) is 12.1. The minimum Gasteiger partial charge on any atom is -0.324 e. The largest absolute Gasteiger partial charge is 0.324 e. The number of aryl methyl sites for hydroxylation is 2. The van der Waals surface area contributed by atoms with Crippen molar-refractivity contribution in [3.63, 3.8) is 0 Å². The summed E-state index contributed by atoms with van der Waals surface area (Å²) in [7, 11) is -3.69. The van der Waals surface area contributed by atoms with E-state index in [0.29, 0.717) is 24.0 Å². The fraction of sp³-hybridized carbons (Fsp3) is 0.571. The van der Waals surface area contributed by atoms with Crippen molar-refractivity contribution in [1.29, 1.82) is 0 Å². The second-order valence-electron chi connectivity index (χ2n) is 5.26. The summed E-state index contributed by atoms with van der Waals surface area (Å²) in [6.07, 6.45) is 1.35. The molecule has 0 aromatic heterocycles. The molecule has 1 aromatic carbocycles. The second-order valence-corrected chi connectivity index (χ2v) is 6.97. The molecule has 0 aliphatic carbocycles. The van der Waals surface area contributed by atoms with Gasteiger partial charge >= 0.3 is 0 Å². The van der Waals surface area contributed by atoms with Gasteiger partial charge in [0.25, 0.3) is 0 Å². The van der Waals surface area contributed by atoms with Crippen LogP contribution in [0.3, 0.4) is 0 Å². The molecule has 0 radical (unpaired) electrons. The van der Waals surface area contributed by atoms with Gasteiger partial charge in [-0.2, -0.15) is 0 Å².